The average Bonchev–Trinajstić information content (AvgIpc) is 2.76. The number of ether oxygens (including phenoxy) is 1. The van der Waals surface area contributed by atoms with Crippen LogP contribution in [0.2, 0.25) is 0 Å². The summed E-state index contributed by atoms with van der Waals surface area (Å²) >= 11 is 4.47. The summed E-state index contributed by atoms with van der Waals surface area (Å²) in [6.45, 7) is 2.03. The summed E-state index contributed by atoms with van der Waals surface area (Å²) in [7, 11) is 0. The summed E-state index contributed by atoms with van der Waals surface area (Å²) < 4.78 is 12.2. The molecule has 102 valence electrons. The van der Waals surface area contributed by atoms with Crippen LogP contribution >= 0.6 is 12.6 Å². The number of aromatic nitrogens is 2. The van der Waals surface area contributed by atoms with Gasteiger partial charge in [-0.2, -0.15) is 12.6 Å². The molecule has 0 N–H and O–H groups in total. The SMILES string of the molecule is O=c1oc2cccnc2n1CC1(CS)CCOCC1. The lowest BCUT2D eigenvalue weighted by molar-refractivity contribution is 0.0178. The molecule has 1 fully saturated rings. The van der Waals surface area contributed by atoms with E-state index in [9.17, 15) is 4.79 Å². The second-order valence-electron chi connectivity index (χ2n) is 5.05. The fourth-order valence-electron chi connectivity index (χ4n) is 2.55. The number of pyridine rings is 1. The summed E-state index contributed by atoms with van der Waals surface area (Å²) in [5, 5.41) is 0. The molecule has 0 spiro atoms. The van der Waals surface area contributed by atoms with Gasteiger partial charge in [-0.25, -0.2) is 9.78 Å². The van der Waals surface area contributed by atoms with Crippen molar-refractivity contribution in [2.75, 3.05) is 19.0 Å². The quantitative estimate of drug-likeness (QED) is 0.870. The first-order valence-corrected chi connectivity index (χ1v) is 7.00. The molecule has 0 bridgehead atoms. The van der Waals surface area contributed by atoms with Gasteiger partial charge in [0.2, 0.25) is 0 Å². The van der Waals surface area contributed by atoms with Crippen LogP contribution in [0.5, 0.6) is 0 Å². The van der Waals surface area contributed by atoms with Crippen LogP contribution in [0.15, 0.2) is 27.5 Å². The Hall–Kier alpha value is -1.27. The zero-order valence-corrected chi connectivity index (χ0v) is 11.4. The number of fused-ring (bicyclic) bond motifs is 1. The van der Waals surface area contributed by atoms with Crippen LogP contribution in [0.25, 0.3) is 11.2 Å². The summed E-state index contributed by atoms with van der Waals surface area (Å²) in [6.07, 6.45) is 3.48. The van der Waals surface area contributed by atoms with Crippen molar-refractivity contribution in [3.63, 3.8) is 0 Å². The van der Waals surface area contributed by atoms with Crippen molar-refractivity contribution >= 4 is 23.9 Å². The zero-order valence-electron chi connectivity index (χ0n) is 10.5. The molecular formula is C13H16N2O3S. The molecule has 2 aromatic heterocycles. The Kier molecular flexibility index (Phi) is 3.36. The van der Waals surface area contributed by atoms with Gasteiger partial charge in [0, 0.05) is 31.4 Å². The molecule has 0 amide bonds. The molecule has 0 radical (unpaired) electrons. The van der Waals surface area contributed by atoms with Gasteiger partial charge in [-0.15, -0.1) is 0 Å². The summed E-state index contributed by atoms with van der Waals surface area (Å²) in [6, 6.07) is 3.52. The lowest BCUT2D eigenvalue weighted by atomic mass is 9.82. The molecule has 1 saturated heterocycles. The van der Waals surface area contributed by atoms with E-state index >= 15 is 0 Å². The molecule has 2 aromatic rings. The fourth-order valence-corrected chi connectivity index (χ4v) is 2.96. The highest BCUT2D eigenvalue weighted by Gasteiger charge is 2.33. The molecule has 5 nitrogen and oxygen atoms in total. The molecule has 0 atom stereocenters. The molecule has 3 rings (SSSR count). The maximum Gasteiger partial charge on any atom is 0.421 e. The first kappa shape index (κ1) is 12.7. The molecule has 3 heterocycles. The Morgan fingerprint density at radius 1 is 1.42 bits per heavy atom. The van der Waals surface area contributed by atoms with Crippen LogP contribution in [0.1, 0.15) is 12.8 Å². The van der Waals surface area contributed by atoms with Gasteiger partial charge in [0.05, 0.1) is 0 Å². The Morgan fingerprint density at radius 3 is 2.95 bits per heavy atom. The monoisotopic (exact) mass is 280 g/mol. The smallest absolute Gasteiger partial charge is 0.406 e. The van der Waals surface area contributed by atoms with Gasteiger partial charge in [-0.05, 0) is 30.7 Å². The van der Waals surface area contributed by atoms with Gasteiger partial charge in [0.1, 0.15) is 0 Å². The summed E-state index contributed by atoms with van der Waals surface area (Å²) in [5.74, 6) is 0.379. The van der Waals surface area contributed by atoms with Crippen LogP contribution in [-0.4, -0.2) is 28.5 Å². The van der Waals surface area contributed by atoms with E-state index in [1.807, 2.05) is 0 Å². The van der Waals surface area contributed by atoms with Crippen molar-refractivity contribution in [3.05, 3.63) is 28.9 Å². The molecule has 0 aliphatic carbocycles. The van der Waals surface area contributed by atoms with E-state index in [2.05, 4.69) is 17.6 Å². The van der Waals surface area contributed by atoms with Gasteiger partial charge in [-0.3, -0.25) is 4.57 Å². The third-order valence-electron chi connectivity index (χ3n) is 3.81. The van der Waals surface area contributed by atoms with Gasteiger partial charge in [0.15, 0.2) is 11.2 Å². The molecule has 1 aliphatic rings. The predicted molar refractivity (Wildman–Crippen MR) is 74.6 cm³/mol. The van der Waals surface area contributed by atoms with Crippen LogP contribution < -0.4 is 5.76 Å². The van der Waals surface area contributed by atoms with Gasteiger partial charge < -0.3 is 9.15 Å². The number of rotatable bonds is 3. The molecule has 1 aliphatic heterocycles. The largest absolute Gasteiger partial charge is 0.421 e. The maximum absolute atomic E-state index is 12.0. The van der Waals surface area contributed by atoms with E-state index in [4.69, 9.17) is 9.15 Å². The van der Waals surface area contributed by atoms with E-state index in [-0.39, 0.29) is 11.2 Å². The van der Waals surface area contributed by atoms with Crippen LogP contribution in [0, 0.1) is 5.41 Å². The first-order valence-electron chi connectivity index (χ1n) is 6.37. The van der Waals surface area contributed by atoms with Crippen molar-refractivity contribution in [2.24, 2.45) is 5.41 Å². The number of oxazole rings is 1. The Morgan fingerprint density at radius 2 is 2.21 bits per heavy atom. The predicted octanol–water partition coefficient (Wildman–Crippen LogP) is 1.72. The topological polar surface area (TPSA) is 57.3 Å². The zero-order chi connectivity index (χ0) is 13.3. The molecule has 0 saturated carbocycles. The second kappa shape index (κ2) is 5.02. The number of hydrogen-bond acceptors (Lipinski definition) is 5. The highest BCUT2D eigenvalue weighted by molar-refractivity contribution is 7.80. The molecule has 0 unspecified atom stereocenters. The van der Waals surface area contributed by atoms with Crippen molar-refractivity contribution in [2.45, 2.75) is 19.4 Å². The normalized spacial score (nSPS) is 18.8. The van der Waals surface area contributed by atoms with Gasteiger partial charge in [-0.1, -0.05) is 0 Å². The number of thiol groups is 1. The first-order chi connectivity index (χ1) is 9.24. The van der Waals surface area contributed by atoms with Crippen LogP contribution in [0.4, 0.5) is 0 Å². The standard InChI is InChI=1S/C13H16N2O3S/c16-12-15(11-10(18-12)2-1-5-14-11)8-13(9-19)3-6-17-7-4-13/h1-2,5,19H,3-4,6-9H2. The maximum atomic E-state index is 12.0. The fraction of sp³-hybridized carbons (Fsp3) is 0.538. The van der Waals surface area contributed by atoms with E-state index in [1.165, 1.54) is 0 Å². The minimum absolute atomic E-state index is 0.0144. The average molecular weight is 280 g/mol. The molecule has 19 heavy (non-hydrogen) atoms. The van der Waals surface area contributed by atoms with E-state index in [0.29, 0.717) is 17.8 Å². The Labute approximate surface area is 116 Å². The van der Waals surface area contributed by atoms with Crippen molar-refractivity contribution in [1.82, 2.24) is 9.55 Å². The Bertz CT molecular complexity index is 628. The van der Waals surface area contributed by atoms with E-state index < -0.39 is 0 Å². The van der Waals surface area contributed by atoms with Crippen molar-refractivity contribution < 1.29 is 9.15 Å². The summed E-state index contributed by atoms with van der Waals surface area (Å²) in [5.41, 5.74) is 1.13. The van der Waals surface area contributed by atoms with Crippen molar-refractivity contribution in [1.29, 1.82) is 0 Å². The highest BCUT2D eigenvalue weighted by Crippen LogP contribution is 2.33. The lowest BCUT2D eigenvalue weighted by Crippen LogP contribution is -2.37. The third kappa shape index (κ3) is 2.30. The van der Waals surface area contributed by atoms with Crippen LogP contribution in [-0.2, 0) is 11.3 Å². The molecule has 6 heteroatoms. The number of nitrogens with zero attached hydrogens (tertiary/aromatic N) is 2. The van der Waals surface area contributed by atoms with E-state index in [0.717, 1.165) is 31.8 Å². The second-order valence-corrected chi connectivity index (χ2v) is 5.37. The lowest BCUT2D eigenvalue weighted by Gasteiger charge is -2.35. The van der Waals surface area contributed by atoms with Crippen molar-refractivity contribution in [3.8, 4) is 0 Å². The third-order valence-corrected chi connectivity index (χ3v) is 4.48. The highest BCUT2D eigenvalue weighted by atomic mass is 32.1. The van der Waals surface area contributed by atoms with Gasteiger partial charge >= 0.3 is 5.76 Å². The summed E-state index contributed by atoms with van der Waals surface area (Å²) in [4.78, 5) is 16.2. The van der Waals surface area contributed by atoms with Gasteiger partial charge in [0.25, 0.3) is 0 Å². The van der Waals surface area contributed by atoms with Crippen LogP contribution in [0.3, 0.4) is 0 Å². The molecular weight excluding hydrogens is 264 g/mol. The van der Waals surface area contributed by atoms with E-state index in [1.54, 1.807) is 22.9 Å². The molecule has 0 aromatic carbocycles. The number of hydrogen-bond donors (Lipinski definition) is 1. The Balaban J connectivity index is 2.00. The minimum atomic E-state index is -0.346. The minimum Gasteiger partial charge on any atom is -0.406 e.